The highest BCUT2D eigenvalue weighted by molar-refractivity contribution is 5.76. The maximum Gasteiger partial charge on any atom is 0.220 e. The Hall–Kier alpha value is -1.07. The Morgan fingerprint density at radius 2 is 0.932 bits per heavy atom. The van der Waals surface area contributed by atoms with Crippen LogP contribution in [0.15, 0.2) is 12.2 Å². The molecule has 0 aromatic carbocycles. The summed E-state index contributed by atoms with van der Waals surface area (Å²) >= 11 is 0. The Kier molecular flexibility index (Phi) is 38.9. The van der Waals surface area contributed by atoms with Gasteiger partial charge in [0, 0.05) is 6.42 Å². The summed E-state index contributed by atoms with van der Waals surface area (Å²) in [5.74, 6) is -0.184. The molecule has 1 heterocycles. The molecular formula is C50H97NO8. The monoisotopic (exact) mass is 840 g/mol. The van der Waals surface area contributed by atoms with E-state index in [4.69, 9.17) is 9.47 Å². The number of nitrogens with one attached hydrogen (secondary N) is 1. The largest absolute Gasteiger partial charge is 0.394 e. The highest BCUT2D eigenvalue weighted by Gasteiger charge is 2.44. The number of hydrogen-bond acceptors (Lipinski definition) is 8. The molecule has 1 fully saturated rings. The third-order valence-electron chi connectivity index (χ3n) is 12.4. The maximum absolute atomic E-state index is 12.8. The van der Waals surface area contributed by atoms with Crippen molar-refractivity contribution in [2.45, 2.75) is 288 Å². The molecule has 0 radical (unpaired) electrons. The highest BCUT2D eigenvalue weighted by Crippen LogP contribution is 2.23. The molecule has 1 aliphatic heterocycles. The van der Waals surface area contributed by atoms with Gasteiger partial charge >= 0.3 is 0 Å². The van der Waals surface area contributed by atoms with Crippen LogP contribution >= 0.6 is 0 Å². The van der Waals surface area contributed by atoms with Crippen molar-refractivity contribution in [3.8, 4) is 0 Å². The van der Waals surface area contributed by atoms with Crippen LogP contribution in [-0.2, 0) is 14.3 Å². The SMILES string of the molecule is CCCCCCCCCCCCCCCCCCCCCCCCCCCCCC/C=C/C(O)C(COC1OC(CO)C(O)C(O)C1O)NC(=O)CCCCCCCC. The number of ether oxygens (including phenoxy) is 2. The van der Waals surface area contributed by atoms with Crippen molar-refractivity contribution in [1.29, 1.82) is 0 Å². The molecule has 0 aliphatic carbocycles. The molecule has 0 spiro atoms. The van der Waals surface area contributed by atoms with E-state index in [1.54, 1.807) is 6.08 Å². The van der Waals surface area contributed by atoms with Gasteiger partial charge in [-0.2, -0.15) is 0 Å². The van der Waals surface area contributed by atoms with Crippen molar-refractivity contribution >= 4 is 5.91 Å². The average Bonchev–Trinajstić information content (AvgIpc) is 3.23. The van der Waals surface area contributed by atoms with Gasteiger partial charge in [-0.1, -0.05) is 231 Å². The molecule has 6 N–H and O–H groups in total. The van der Waals surface area contributed by atoms with Gasteiger partial charge in [-0.15, -0.1) is 0 Å². The van der Waals surface area contributed by atoms with Crippen LogP contribution < -0.4 is 5.32 Å². The third-order valence-corrected chi connectivity index (χ3v) is 12.4. The zero-order valence-electron chi connectivity index (χ0n) is 38.5. The number of carbonyl (C=O) groups is 1. The summed E-state index contributed by atoms with van der Waals surface area (Å²) in [5.41, 5.74) is 0. The van der Waals surface area contributed by atoms with Crippen molar-refractivity contribution in [2.75, 3.05) is 13.2 Å². The first-order chi connectivity index (χ1) is 28.8. The topological polar surface area (TPSA) is 149 Å². The van der Waals surface area contributed by atoms with Crippen LogP contribution in [0.3, 0.4) is 0 Å². The van der Waals surface area contributed by atoms with E-state index in [0.717, 1.165) is 44.9 Å². The zero-order valence-corrected chi connectivity index (χ0v) is 38.5. The van der Waals surface area contributed by atoms with Crippen LogP contribution in [0.2, 0.25) is 0 Å². The molecule has 9 nitrogen and oxygen atoms in total. The Morgan fingerprint density at radius 1 is 0.559 bits per heavy atom. The normalized spacial score (nSPS) is 20.7. The van der Waals surface area contributed by atoms with Crippen LogP contribution in [-0.4, -0.2) is 87.5 Å². The molecular weight excluding hydrogens is 743 g/mol. The van der Waals surface area contributed by atoms with Crippen molar-refractivity contribution < 1.29 is 39.8 Å². The number of aliphatic hydroxyl groups is 5. The minimum atomic E-state index is -1.56. The lowest BCUT2D eigenvalue weighted by molar-refractivity contribution is -0.302. The predicted molar refractivity (Wildman–Crippen MR) is 244 cm³/mol. The van der Waals surface area contributed by atoms with Gasteiger partial charge < -0.3 is 40.3 Å². The quantitative estimate of drug-likeness (QED) is 0.0263. The lowest BCUT2D eigenvalue weighted by atomic mass is 9.99. The number of allylic oxidation sites excluding steroid dienone is 1. The first-order valence-corrected chi connectivity index (χ1v) is 25.4. The summed E-state index contributed by atoms with van der Waals surface area (Å²) in [6.45, 7) is 3.72. The van der Waals surface area contributed by atoms with Crippen LogP contribution in [0, 0.1) is 0 Å². The van der Waals surface area contributed by atoms with Gasteiger partial charge in [0.15, 0.2) is 6.29 Å². The van der Waals surface area contributed by atoms with Gasteiger partial charge in [-0.3, -0.25) is 4.79 Å². The first-order valence-electron chi connectivity index (χ1n) is 25.4. The molecule has 1 saturated heterocycles. The van der Waals surface area contributed by atoms with Gasteiger partial charge in [-0.25, -0.2) is 0 Å². The van der Waals surface area contributed by atoms with Gasteiger partial charge in [0.2, 0.25) is 5.91 Å². The van der Waals surface area contributed by atoms with Crippen LogP contribution in [0.1, 0.15) is 245 Å². The van der Waals surface area contributed by atoms with E-state index < -0.39 is 49.5 Å². The lowest BCUT2D eigenvalue weighted by Gasteiger charge is -2.40. The van der Waals surface area contributed by atoms with Crippen LogP contribution in [0.5, 0.6) is 0 Å². The van der Waals surface area contributed by atoms with Crippen LogP contribution in [0.25, 0.3) is 0 Å². The molecule has 1 aliphatic rings. The lowest BCUT2D eigenvalue weighted by Crippen LogP contribution is -2.60. The molecule has 7 unspecified atom stereocenters. The minimum absolute atomic E-state index is 0.184. The summed E-state index contributed by atoms with van der Waals surface area (Å²) in [4.78, 5) is 12.8. The number of aliphatic hydroxyl groups excluding tert-OH is 5. The summed E-state index contributed by atoms with van der Waals surface area (Å²) in [6, 6.07) is -0.796. The predicted octanol–water partition coefficient (Wildman–Crippen LogP) is 11.3. The fraction of sp³-hybridized carbons (Fsp3) is 0.940. The molecule has 0 bridgehead atoms. The number of unbranched alkanes of at least 4 members (excludes halogenated alkanes) is 33. The van der Waals surface area contributed by atoms with Crippen LogP contribution in [0.4, 0.5) is 0 Å². The van der Waals surface area contributed by atoms with E-state index >= 15 is 0 Å². The Balaban J connectivity index is 2.09. The Labute approximate surface area is 363 Å². The van der Waals surface area contributed by atoms with E-state index in [1.807, 2.05) is 6.08 Å². The number of rotatable bonds is 43. The Bertz CT molecular complexity index is 935. The molecule has 7 atom stereocenters. The number of carbonyl (C=O) groups excluding carboxylic acids is 1. The second-order valence-corrected chi connectivity index (χ2v) is 18.0. The fourth-order valence-electron chi connectivity index (χ4n) is 8.28. The smallest absolute Gasteiger partial charge is 0.220 e. The number of hydrogen-bond donors (Lipinski definition) is 6. The van der Waals surface area contributed by atoms with Gasteiger partial charge in [-0.05, 0) is 19.3 Å². The fourth-order valence-corrected chi connectivity index (χ4v) is 8.28. The second kappa shape index (κ2) is 41.0. The second-order valence-electron chi connectivity index (χ2n) is 18.0. The first kappa shape index (κ1) is 55.9. The molecule has 9 heteroatoms. The van der Waals surface area contributed by atoms with Crippen molar-refractivity contribution in [3.05, 3.63) is 12.2 Å². The molecule has 0 aromatic rings. The molecule has 350 valence electrons. The summed E-state index contributed by atoms with van der Waals surface area (Å²) < 4.78 is 11.2. The molecule has 1 amide bonds. The minimum Gasteiger partial charge on any atom is -0.394 e. The van der Waals surface area contributed by atoms with E-state index in [0.29, 0.717) is 6.42 Å². The van der Waals surface area contributed by atoms with E-state index in [9.17, 15) is 30.3 Å². The van der Waals surface area contributed by atoms with Crippen molar-refractivity contribution in [3.63, 3.8) is 0 Å². The summed E-state index contributed by atoms with van der Waals surface area (Å²) in [5, 5.41) is 54.0. The molecule has 0 aromatic heterocycles. The van der Waals surface area contributed by atoms with Gasteiger partial charge in [0.05, 0.1) is 25.4 Å². The van der Waals surface area contributed by atoms with E-state index in [2.05, 4.69) is 19.2 Å². The summed E-state index contributed by atoms with van der Waals surface area (Å²) in [7, 11) is 0. The van der Waals surface area contributed by atoms with Crippen molar-refractivity contribution in [1.82, 2.24) is 5.32 Å². The molecule has 59 heavy (non-hydrogen) atoms. The zero-order chi connectivity index (χ0) is 43.0. The standard InChI is InChI=1S/C50H97NO8/c1-3-5-7-9-11-12-13-14-15-16-17-18-19-20-21-22-23-24-25-26-27-28-29-30-31-32-33-34-35-37-39-44(53)43(51-46(54)40-38-36-10-8-6-4-2)42-58-50-49(57)48(56)47(55)45(41-52)59-50/h37,39,43-45,47-50,52-53,55-57H,3-36,38,40-42H2,1-2H3,(H,51,54)/b39-37+. The van der Waals surface area contributed by atoms with E-state index in [1.165, 1.54) is 180 Å². The third kappa shape index (κ3) is 31.4. The summed E-state index contributed by atoms with van der Waals surface area (Å²) in [6.07, 6.45) is 41.9. The molecule has 0 saturated carbocycles. The maximum atomic E-state index is 12.8. The average molecular weight is 840 g/mol. The van der Waals surface area contributed by atoms with Crippen molar-refractivity contribution in [2.24, 2.45) is 0 Å². The van der Waals surface area contributed by atoms with Gasteiger partial charge in [0.25, 0.3) is 0 Å². The van der Waals surface area contributed by atoms with Gasteiger partial charge in [0.1, 0.15) is 24.4 Å². The molecule has 1 rings (SSSR count). The Morgan fingerprint density at radius 3 is 1.32 bits per heavy atom. The van der Waals surface area contributed by atoms with E-state index in [-0.39, 0.29) is 12.5 Å². The number of amides is 1. The highest BCUT2D eigenvalue weighted by atomic mass is 16.7.